The number of nitrogens with one attached hydrogen (secondary N) is 2. The number of ether oxygens (including phenoxy) is 1. The number of β-amino-alcohol motifs (C(OH)–C–C–N with tert-alkyl or cyclic N) is 1. The number of rotatable bonds is 7. The lowest BCUT2D eigenvalue weighted by atomic mass is 10.1. The molecule has 1 heterocycles. The average molecular weight is 340 g/mol. The van der Waals surface area contributed by atoms with E-state index in [1.807, 2.05) is 6.92 Å². The van der Waals surface area contributed by atoms with Crippen LogP contribution in [0.2, 0.25) is 0 Å². The van der Waals surface area contributed by atoms with Crippen LogP contribution >= 0.6 is 0 Å². The zero-order valence-electron chi connectivity index (χ0n) is 13.7. The molecule has 0 aromatic heterocycles. The monoisotopic (exact) mass is 340 g/mol. The molecule has 6 nitrogen and oxygen atoms in total. The number of aliphatic imine (C=N–C) groups is 1. The first-order chi connectivity index (χ1) is 10.7. The van der Waals surface area contributed by atoms with Gasteiger partial charge in [-0.25, -0.2) is 0 Å². The molecule has 3 N–H and O–H groups in total. The first kappa shape index (κ1) is 20.0. The molecule has 0 aromatic rings. The summed E-state index contributed by atoms with van der Waals surface area (Å²) in [6.07, 6.45) is -5.13. The second-order valence-corrected chi connectivity index (χ2v) is 5.87. The third-order valence-electron chi connectivity index (χ3n) is 3.29. The second kappa shape index (κ2) is 9.29. The molecular formula is C14H27F3N4O2. The van der Waals surface area contributed by atoms with Crippen molar-refractivity contribution in [3.05, 3.63) is 0 Å². The molecule has 9 heteroatoms. The zero-order chi connectivity index (χ0) is 17.3. The molecule has 1 saturated heterocycles. The number of morpholine rings is 1. The molecule has 0 bridgehead atoms. The van der Waals surface area contributed by atoms with Gasteiger partial charge in [-0.2, -0.15) is 13.2 Å². The summed E-state index contributed by atoms with van der Waals surface area (Å²) >= 11 is 0. The zero-order valence-corrected chi connectivity index (χ0v) is 13.7. The van der Waals surface area contributed by atoms with E-state index >= 15 is 0 Å². The van der Waals surface area contributed by atoms with E-state index in [4.69, 9.17) is 4.74 Å². The molecule has 1 atom stereocenters. The molecule has 136 valence electrons. The van der Waals surface area contributed by atoms with E-state index in [-0.39, 0.29) is 19.0 Å². The third-order valence-corrected chi connectivity index (χ3v) is 3.29. The summed E-state index contributed by atoms with van der Waals surface area (Å²) in [6, 6.07) is 0. The molecule has 0 amide bonds. The molecule has 0 saturated carbocycles. The van der Waals surface area contributed by atoms with Crippen molar-refractivity contribution in [3.63, 3.8) is 0 Å². The molecule has 1 unspecified atom stereocenters. The van der Waals surface area contributed by atoms with Crippen LogP contribution in [-0.4, -0.2) is 80.2 Å². The minimum atomic E-state index is -4.20. The summed E-state index contributed by atoms with van der Waals surface area (Å²) in [5.41, 5.74) is -1.05. The maximum absolute atomic E-state index is 12.2. The van der Waals surface area contributed by atoms with Crippen molar-refractivity contribution in [2.75, 3.05) is 52.5 Å². The van der Waals surface area contributed by atoms with Crippen LogP contribution in [-0.2, 0) is 4.74 Å². The fourth-order valence-electron chi connectivity index (χ4n) is 2.20. The van der Waals surface area contributed by atoms with Crippen LogP contribution in [0.15, 0.2) is 4.99 Å². The van der Waals surface area contributed by atoms with Gasteiger partial charge in [0.25, 0.3) is 0 Å². The van der Waals surface area contributed by atoms with Crippen molar-refractivity contribution in [2.45, 2.75) is 32.0 Å². The number of halogens is 3. The van der Waals surface area contributed by atoms with Crippen LogP contribution in [0.3, 0.4) is 0 Å². The number of guanidine groups is 1. The fraction of sp³-hybridized carbons (Fsp3) is 0.929. The molecule has 0 aromatic carbocycles. The Bertz CT molecular complexity index is 370. The van der Waals surface area contributed by atoms with Gasteiger partial charge in [0.1, 0.15) is 0 Å². The van der Waals surface area contributed by atoms with Crippen LogP contribution < -0.4 is 10.6 Å². The highest BCUT2D eigenvalue weighted by Crippen LogP contribution is 2.18. The standard InChI is InChI=1S/C14H27F3N4O2/c1-3-18-12(19-5-4-14(15,16)17)20-10-13(2,22)11-21-6-8-23-9-7-21/h22H,3-11H2,1-2H3,(H2,18,19,20). The SMILES string of the molecule is CCNC(=NCC(C)(O)CN1CCOCC1)NCCC(F)(F)F. The highest BCUT2D eigenvalue weighted by Gasteiger charge is 2.27. The Labute approximate surface area is 135 Å². The highest BCUT2D eigenvalue weighted by molar-refractivity contribution is 5.79. The quantitative estimate of drug-likeness (QED) is 0.467. The van der Waals surface area contributed by atoms with Gasteiger partial charge in [0.2, 0.25) is 0 Å². The van der Waals surface area contributed by atoms with Crippen molar-refractivity contribution in [1.29, 1.82) is 0 Å². The smallest absolute Gasteiger partial charge is 0.387 e. The molecule has 0 radical (unpaired) electrons. The molecule has 1 fully saturated rings. The molecular weight excluding hydrogens is 313 g/mol. The Morgan fingerprint density at radius 1 is 1.26 bits per heavy atom. The Kier molecular flexibility index (Phi) is 8.07. The van der Waals surface area contributed by atoms with E-state index in [0.29, 0.717) is 26.3 Å². The van der Waals surface area contributed by atoms with E-state index in [0.717, 1.165) is 13.1 Å². The average Bonchev–Trinajstić information content (AvgIpc) is 2.44. The fourth-order valence-corrected chi connectivity index (χ4v) is 2.20. The minimum Gasteiger partial charge on any atom is -0.387 e. The lowest BCUT2D eigenvalue weighted by Gasteiger charge is -2.33. The molecule has 23 heavy (non-hydrogen) atoms. The number of nitrogens with zero attached hydrogens (tertiary/aromatic N) is 2. The van der Waals surface area contributed by atoms with Crippen molar-refractivity contribution >= 4 is 5.96 Å². The normalized spacial score (nSPS) is 20.2. The predicted octanol–water partition coefficient (Wildman–Crippen LogP) is 0.577. The maximum Gasteiger partial charge on any atom is 0.390 e. The van der Waals surface area contributed by atoms with Crippen molar-refractivity contribution in [2.24, 2.45) is 4.99 Å². The Hall–Kier alpha value is -1.06. The number of hydrogen-bond donors (Lipinski definition) is 3. The van der Waals surface area contributed by atoms with Gasteiger partial charge in [-0.05, 0) is 13.8 Å². The summed E-state index contributed by atoms with van der Waals surface area (Å²) in [6.45, 7) is 7.12. The van der Waals surface area contributed by atoms with Gasteiger partial charge in [-0.15, -0.1) is 0 Å². The summed E-state index contributed by atoms with van der Waals surface area (Å²) in [4.78, 5) is 6.28. The van der Waals surface area contributed by atoms with Crippen LogP contribution in [0.25, 0.3) is 0 Å². The van der Waals surface area contributed by atoms with Crippen LogP contribution in [0.4, 0.5) is 13.2 Å². The lowest BCUT2D eigenvalue weighted by molar-refractivity contribution is -0.132. The van der Waals surface area contributed by atoms with Crippen LogP contribution in [0, 0.1) is 0 Å². The highest BCUT2D eigenvalue weighted by atomic mass is 19.4. The lowest BCUT2D eigenvalue weighted by Crippen LogP contribution is -2.48. The maximum atomic E-state index is 12.2. The van der Waals surface area contributed by atoms with Gasteiger partial charge in [0.15, 0.2) is 5.96 Å². The Balaban J connectivity index is 2.46. The number of alkyl halides is 3. The van der Waals surface area contributed by atoms with Crippen LogP contribution in [0.1, 0.15) is 20.3 Å². The summed E-state index contributed by atoms with van der Waals surface area (Å²) < 4.78 is 41.8. The second-order valence-electron chi connectivity index (χ2n) is 5.87. The molecule has 1 rings (SSSR count). The number of hydrogen-bond acceptors (Lipinski definition) is 4. The van der Waals surface area contributed by atoms with Gasteiger partial charge < -0.3 is 20.5 Å². The summed E-state index contributed by atoms with van der Waals surface area (Å²) in [7, 11) is 0. The van der Waals surface area contributed by atoms with E-state index in [9.17, 15) is 18.3 Å². The van der Waals surface area contributed by atoms with E-state index in [1.165, 1.54) is 0 Å². The molecule has 1 aliphatic heterocycles. The van der Waals surface area contributed by atoms with Crippen molar-refractivity contribution in [3.8, 4) is 0 Å². The predicted molar refractivity (Wildman–Crippen MR) is 82.5 cm³/mol. The van der Waals surface area contributed by atoms with Gasteiger partial charge in [-0.1, -0.05) is 0 Å². The summed E-state index contributed by atoms with van der Waals surface area (Å²) in [5.74, 6) is 0.277. The van der Waals surface area contributed by atoms with E-state index in [2.05, 4.69) is 20.5 Å². The van der Waals surface area contributed by atoms with Gasteiger partial charge in [0, 0.05) is 32.7 Å². The molecule has 1 aliphatic rings. The largest absolute Gasteiger partial charge is 0.390 e. The van der Waals surface area contributed by atoms with Crippen LogP contribution in [0.5, 0.6) is 0 Å². The van der Waals surface area contributed by atoms with E-state index < -0.39 is 18.2 Å². The van der Waals surface area contributed by atoms with Crippen molar-refractivity contribution in [1.82, 2.24) is 15.5 Å². The van der Waals surface area contributed by atoms with E-state index in [1.54, 1.807) is 6.92 Å². The van der Waals surface area contributed by atoms with Gasteiger partial charge in [0.05, 0.1) is 31.8 Å². The number of aliphatic hydroxyl groups is 1. The summed E-state index contributed by atoms with van der Waals surface area (Å²) in [5, 5.41) is 15.9. The third kappa shape index (κ3) is 9.62. The van der Waals surface area contributed by atoms with Gasteiger partial charge in [-0.3, -0.25) is 9.89 Å². The minimum absolute atomic E-state index is 0.103. The van der Waals surface area contributed by atoms with Gasteiger partial charge >= 0.3 is 6.18 Å². The first-order valence-electron chi connectivity index (χ1n) is 7.83. The Morgan fingerprint density at radius 3 is 2.48 bits per heavy atom. The topological polar surface area (TPSA) is 69.1 Å². The molecule has 0 spiro atoms. The molecule has 0 aliphatic carbocycles. The van der Waals surface area contributed by atoms with Crippen molar-refractivity contribution < 1.29 is 23.0 Å². The first-order valence-corrected chi connectivity index (χ1v) is 7.83. The Morgan fingerprint density at radius 2 is 1.91 bits per heavy atom.